The third-order valence-corrected chi connectivity index (χ3v) is 5.83. The van der Waals surface area contributed by atoms with Crippen LogP contribution < -0.4 is 15.0 Å². The van der Waals surface area contributed by atoms with Gasteiger partial charge in [0.1, 0.15) is 5.82 Å². The molecule has 2 aromatic heterocycles. The van der Waals surface area contributed by atoms with Gasteiger partial charge in [-0.3, -0.25) is 4.79 Å². The van der Waals surface area contributed by atoms with Gasteiger partial charge in [-0.15, -0.1) is 0 Å². The lowest BCUT2D eigenvalue weighted by atomic mass is 10.2. The maximum atomic E-state index is 14.5. The minimum Gasteiger partial charge on any atom is -0.369 e. The summed E-state index contributed by atoms with van der Waals surface area (Å²) in [5, 5.41) is 0. The molecule has 0 aliphatic carbocycles. The first kappa shape index (κ1) is 15.5. The molecule has 0 atom stereocenters. The van der Waals surface area contributed by atoms with E-state index in [2.05, 4.69) is 9.88 Å². The van der Waals surface area contributed by atoms with E-state index in [0.29, 0.717) is 20.7 Å². The maximum absolute atomic E-state index is 14.5. The molecule has 1 aliphatic heterocycles. The van der Waals surface area contributed by atoms with Crippen molar-refractivity contribution in [2.45, 2.75) is 12.8 Å². The highest BCUT2D eigenvalue weighted by Crippen LogP contribution is 2.24. The van der Waals surface area contributed by atoms with Gasteiger partial charge in [0.05, 0.1) is 21.3 Å². The van der Waals surface area contributed by atoms with Crippen molar-refractivity contribution in [3.8, 4) is 0 Å². The first-order valence-electron chi connectivity index (χ1n) is 8.67. The average Bonchev–Trinajstić information content (AvgIpc) is 3.33. The van der Waals surface area contributed by atoms with Crippen molar-refractivity contribution in [1.29, 1.82) is 0 Å². The van der Waals surface area contributed by atoms with Crippen LogP contribution in [0, 0.1) is 5.82 Å². The minimum atomic E-state index is -0.236. The number of benzene rings is 2. The van der Waals surface area contributed by atoms with Crippen molar-refractivity contribution in [3.63, 3.8) is 0 Å². The highest BCUT2D eigenvalue weighted by Gasteiger charge is 2.16. The molecule has 0 spiro atoms. The summed E-state index contributed by atoms with van der Waals surface area (Å²) in [5.74, 6) is -0.236. The van der Waals surface area contributed by atoms with Crippen LogP contribution in [-0.4, -0.2) is 22.5 Å². The molecule has 0 unspecified atom stereocenters. The second-order valence-electron chi connectivity index (χ2n) is 6.54. The quantitative estimate of drug-likeness (QED) is 0.548. The van der Waals surface area contributed by atoms with Crippen LogP contribution in [0.15, 0.2) is 47.3 Å². The number of hydrogen-bond donors (Lipinski definition) is 0. The van der Waals surface area contributed by atoms with E-state index in [0.717, 1.165) is 37.0 Å². The summed E-state index contributed by atoms with van der Waals surface area (Å²) in [5.41, 5.74) is 2.84. The predicted octanol–water partition coefficient (Wildman–Crippen LogP) is 3.20. The summed E-state index contributed by atoms with van der Waals surface area (Å²) in [4.78, 5) is 20.0. The smallest absolute Gasteiger partial charge is 0.274 e. The number of fused-ring (bicyclic) bond motifs is 3. The molecule has 1 aliphatic rings. The number of nitrogens with zero attached hydrogens (tertiary/aromatic N) is 3. The van der Waals surface area contributed by atoms with Gasteiger partial charge >= 0.3 is 0 Å². The zero-order valence-electron chi connectivity index (χ0n) is 14.0. The third-order valence-electron chi connectivity index (χ3n) is 4.86. The molecule has 0 bridgehead atoms. The van der Waals surface area contributed by atoms with Crippen molar-refractivity contribution in [2.75, 3.05) is 18.0 Å². The zero-order valence-corrected chi connectivity index (χ0v) is 14.8. The van der Waals surface area contributed by atoms with E-state index in [4.69, 9.17) is 0 Å². The van der Waals surface area contributed by atoms with E-state index < -0.39 is 0 Å². The van der Waals surface area contributed by atoms with Gasteiger partial charge in [0.2, 0.25) is 0 Å². The number of anilines is 1. The van der Waals surface area contributed by atoms with Crippen LogP contribution in [-0.2, 0) is 0 Å². The second kappa shape index (κ2) is 5.92. The third kappa shape index (κ3) is 2.41. The Hall–Kier alpha value is -2.73. The largest absolute Gasteiger partial charge is 0.369 e. The normalized spacial score (nSPS) is 15.6. The van der Waals surface area contributed by atoms with Gasteiger partial charge < -0.3 is 4.90 Å². The number of para-hydroxylation sites is 2. The molecule has 0 saturated carbocycles. The van der Waals surface area contributed by atoms with Gasteiger partial charge in [-0.1, -0.05) is 29.5 Å². The lowest BCUT2D eigenvalue weighted by Crippen LogP contribution is -2.22. The lowest BCUT2D eigenvalue weighted by molar-refractivity contribution is 0.623. The first-order chi connectivity index (χ1) is 12.7. The van der Waals surface area contributed by atoms with Crippen molar-refractivity contribution in [3.05, 3.63) is 68.7 Å². The van der Waals surface area contributed by atoms with E-state index in [1.165, 1.54) is 17.4 Å². The van der Waals surface area contributed by atoms with Crippen LogP contribution >= 0.6 is 11.3 Å². The highest BCUT2D eigenvalue weighted by atomic mass is 32.1. The lowest BCUT2D eigenvalue weighted by Gasteiger charge is -2.18. The fraction of sp³-hybridized carbons (Fsp3) is 0.200. The van der Waals surface area contributed by atoms with E-state index >= 15 is 0 Å². The Morgan fingerprint density at radius 1 is 1.12 bits per heavy atom. The molecule has 4 nitrogen and oxygen atoms in total. The Balaban J connectivity index is 1.61. The number of halogens is 1. The molecule has 130 valence electrons. The van der Waals surface area contributed by atoms with Gasteiger partial charge in [-0.25, -0.2) is 13.8 Å². The molecule has 5 rings (SSSR count). The van der Waals surface area contributed by atoms with Gasteiger partial charge in [-0.05, 0) is 48.7 Å². The van der Waals surface area contributed by atoms with Crippen molar-refractivity contribution >= 4 is 39.1 Å². The molecule has 1 saturated heterocycles. The Labute approximate surface area is 152 Å². The van der Waals surface area contributed by atoms with Crippen molar-refractivity contribution in [2.24, 2.45) is 0 Å². The first-order valence-corrected chi connectivity index (χ1v) is 9.48. The van der Waals surface area contributed by atoms with E-state index in [1.54, 1.807) is 10.5 Å². The summed E-state index contributed by atoms with van der Waals surface area (Å²) in [7, 11) is 0. The van der Waals surface area contributed by atoms with Gasteiger partial charge in [0.15, 0.2) is 4.96 Å². The SMILES string of the molecule is O=c1c(=Cc2ccc(N3CCCC3)c(F)c2)sc2nc3ccccc3n12. The van der Waals surface area contributed by atoms with Crippen LogP contribution in [0.5, 0.6) is 0 Å². The monoisotopic (exact) mass is 365 g/mol. The van der Waals surface area contributed by atoms with Gasteiger partial charge in [0, 0.05) is 13.1 Å². The van der Waals surface area contributed by atoms with Crippen LogP contribution in [0.3, 0.4) is 0 Å². The number of imidazole rings is 1. The molecule has 0 amide bonds. The average molecular weight is 365 g/mol. The highest BCUT2D eigenvalue weighted by molar-refractivity contribution is 7.15. The molecule has 1 fully saturated rings. The second-order valence-corrected chi connectivity index (χ2v) is 7.55. The topological polar surface area (TPSA) is 37.6 Å². The van der Waals surface area contributed by atoms with Gasteiger partial charge in [0.25, 0.3) is 5.56 Å². The summed E-state index contributed by atoms with van der Waals surface area (Å²) in [6, 6.07) is 12.8. The van der Waals surface area contributed by atoms with E-state index in [1.807, 2.05) is 36.4 Å². The molecule has 0 N–H and O–H groups in total. The van der Waals surface area contributed by atoms with E-state index in [-0.39, 0.29) is 11.4 Å². The fourth-order valence-corrected chi connectivity index (χ4v) is 4.58. The van der Waals surface area contributed by atoms with Crippen LogP contribution in [0.2, 0.25) is 0 Å². The number of rotatable bonds is 2. The fourth-order valence-electron chi connectivity index (χ4n) is 3.59. The number of aromatic nitrogens is 2. The Kier molecular flexibility index (Phi) is 3.53. The van der Waals surface area contributed by atoms with E-state index in [9.17, 15) is 9.18 Å². The van der Waals surface area contributed by atoms with Crippen molar-refractivity contribution in [1.82, 2.24) is 9.38 Å². The van der Waals surface area contributed by atoms with Crippen LogP contribution in [0.1, 0.15) is 18.4 Å². The zero-order chi connectivity index (χ0) is 17.7. The summed E-state index contributed by atoms with van der Waals surface area (Å²) in [6.45, 7) is 1.81. The molecule has 0 radical (unpaired) electrons. The predicted molar refractivity (Wildman–Crippen MR) is 103 cm³/mol. The van der Waals surface area contributed by atoms with Crippen LogP contribution in [0.4, 0.5) is 10.1 Å². The molecule has 3 heterocycles. The minimum absolute atomic E-state index is 0.109. The molecule has 4 aromatic rings. The van der Waals surface area contributed by atoms with Crippen LogP contribution in [0.25, 0.3) is 22.1 Å². The summed E-state index contributed by atoms with van der Waals surface area (Å²) < 4.78 is 16.7. The maximum Gasteiger partial charge on any atom is 0.274 e. The molecule has 26 heavy (non-hydrogen) atoms. The molecular weight excluding hydrogens is 349 g/mol. The molecule has 6 heteroatoms. The van der Waals surface area contributed by atoms with Gasteiger partial charge in [-0.2, -0.15) is 0 Å². The molecular formula is C20H16FN3OS. The Morgan fingerprint density at radius 2 is 1.92 bits per heavy atom. The number of thiazole rings is 1. The molecule has 2 aromatic carbocycles. The Bertz CT molecular complexity index is 1240. The van der Waals surface area contributed by atoms with Crippen molar-refractivity contribution < 1.29 is 4.39 Å². The Morgan fingerprint density at radius 3 is 2.73 bits per heavy atom. The number of hydrogen-bond acceptors (Lipinski definition) is 4. The standard InChI is InChI=1S/C20H16FN3OS/c21-14-11-13(7-8-16(14)23-9-3-4-10-23)12-18-19(25)24-17-6-2-1-5-15(17)22-20(24)26-18/h1-2,5-8,11-12H,3-4,9-10H2. The summed E-state index contributed by atoms with van der Waals surface area (Å²) >= 11 is 1.33. The summed E-state index contributed by atoms with van der Waals surface area (Å²) in [6.07, 6.45) is 3.96.